The summed E-state index contributed by atoms with van der Waals surface area (Å²) in [7, 11) is 0. The van der Waals surface area contributed by atoms with Crippen LogP contribution in [0.15, 0.2) is 115 Å². The molecule has 0 aliphatic heterocycles. The summed E-state index contributed by atoms with van der Waals surface area (Å²) in [6.07, 6.45) is 2.35. The number of fused-ring (bicyclic) bond motifs is 2. The molecule has 206 valence electrons. The Morgan fingerprint density at radius 3 is 1.64 bits per heavy atom. The molecular formula is C39H35N3. The van der Waals surface area contributed by atoms with Crippen LogP contribution in [0.4, 0.5) is 0 Å². The molecule has 0 unspecified atom stereocenters. The average molecular weight is 546 g/mol. The Labute approximate surface area is 248 Å². The zero-order valence-electron chi connectivity index (χ0n) is 24.7. The normalized spacial score (nSPS) is 15.3. The van der Waals surface area contributed by atoms with Crippen molar-refractivity contribution < 1.29 is 0 Å². The van der Waals surface area contributed by atoms with E-state index in [4.69, 9.17) is 15.0 Å². The van der Waals surface area contributed by atoms with Crippen molar-refractivity contribution >= 4 is 10.8 Å². The van der Waals surface area contributed by atoms with Gasteiger partial charge in [0.15, 0.2) is 17.5 Å². The van der Waals surface area contributed by atoms with Gasteiger partial charge in [0.05, 0.1) is 0 Å². The van der Waals surface area contributed by atoms with Gasteiger partial charge >= 0.3 is 0 Å². The van der Waals surface area contributed by atoms with E-state index in [2.05, 4.69) is 137 Å². The minimum atomic E-state index is 0.0991. The van der Waals surface area contributed by atoms with Gasteiger partial charge < -0.3 is 0 Å². The van der Waals surface area contributed by atoms with E-state index in [1.54, 1.807) is 0 Å². The van der Waals surface area contributed by atoms with Crippen molar-refractivity contribution in [1.82, 2.24) is 15.0 Å². The van der Waals surface area contributed by atoms with Gasteiger partial charge in [-0.15, -0.1) is 0 Å². The number of rotatable bonds is 4. The SMILES string of the molecule is CC1(C)CCC(C)(C)c2cc(-c3nc(-c4cccc(-c5ccccc5)c4)nc(-c4ccc5ccccc5c4)n3)ccc21. The van der Waals surface area contributed by atoms with Gasteiger partial charge in [0, 0.05) is 16.7 Å². The van der Waals surface area contributed by atoms with E-state index in [-0.39, 0.29) is 10.8 Å². The molecule has 0 atom stereocenters. The molecule has 7 rings (SSSR count). The van der Waals surface area contributed by atoms with Crippen molar-refractivity contribution in [3.63, 3.8) is 0 Å². The maximum atomic E-state index is 5.11. The molecule has 3 nitrogen and oxygen atoms in total. The average Bonchev–Trinajstić information content (AvgIpc) is 3.03. The minimum absolute atomic E-state index is 0.0991. The fraction of sp³-hybridized carbons (Fsp3) is 0.205. The van der Waals surface area contributed by atoms with Gasteiger partial charge in [0.2, 0.25) is 0 Å². The summed E-state index contributed by atoms with van der Waals surface area (Å²) >= 11 is 0. The largest absolute Gasteiger partial charge is 0.208 e. The predicted molar refractivity (Wildman–Crippen MR) is 174 cm³/mol. The Kier molecular flexibility index (Phi) is 6.27. The van der Waals surface area contributed by atoms with Crippen molar-refractivity contribution in [2.75, 3.05) is 0 Å². The third-order valence-corrected chi connectivity index (χ3v) is 8.98. The molecule has 1 aromatic heterocycles. The smallest absolute Gasteiger partial charge is 0.164 e. The number of hydrogen-bond donors (Lipinski definition) is 0. The van der Waals surface area contributed by atoms with Crippen LogP contribution in [0.25, 0.3) is 56.1 Å². The van der Waals surface area contributed by atoms with Crippen LogP contribution in [0.1, 0.15) is 51.7 Å². The van der Waals surface area contributed by atoms with E-state index < -0.39 is 0 Å². The van der Waals surface area contributed by atoms with Gasteiger partial charge in [-0.05, 0) is 74.9 Å². The molecule has 1 aliphatic carbocycles. The number of nitrogens with zero attached hydrogens (tertiary/aromatic N) is 3. The second-order valence-electron chi connectivity index (χ2n) is 12.8. The van der Waals surface area contributed by atoms with E-state index in [1.807, 2.05) is 6.07 Å². The standard InChI is InChI=1S/C39H35N3/c1-38(2)21-22-39(3,4)34-25-32(19-20-33(34)38)37-41-35(30-16-10-15-29(23-30)26-11-6-5-7-12-26)40-36(42-37)31-18-17-27-13-8-9-14-28(27)24-31/h5-20,23-25H,21-22H2,1-4H3. The lowest BCUT2D eigenvalue weighted by Gasteiger charge is -2.42. The third kappa shape index (κ3) is 4.79. The van der Waals surface area contributed by atoms with Crippen LogP contribution in [0.5, 0.6) is 0 Å². The molecule has 5 aromatic carbocycles. The zero-order valence-corrected chi connectivity index (χ0v) is 24.7. The van der Waals surface area contributed by atoms with Gasteiger partial charge in [-0.3, -0.25) is 0 Å². The minimum Gasteiger partial charge on any atom is -0.208 e. The van der Waals surface area contributed by atoms with Crippen molar-refractivity contribution in [2.24, 2.45) is 0 Å². The Hall–Kier alpha value is -4.63. The second kappa shape index (κ2) is 10.0. The summed E-state index contributed by atoms with van der Waals surface area (Å²) in [6, 6.07) is 40.6. The van der Waals surface area contributed by atoms with E-state index in [9.17, 15) is 0 Å². The number of hydrogen-bond acceptors (Lipinski definition) is 3. The molecule has 1 aliphatic rings. The van der Waals surface area contributed by atoms with E-state index >= 15 is 0 Å². The van der Waals surface area contributed by atoms with Gasteiger partial charge in [-0.2, -0.15) is 0 Å². The zero-order chi connectivity index (χ0) is 28.9. The summed E-state index contributed by atoms with van der Waals surface area (Å²) in [4.78, 5) is 15.3. The first kappa shape index (κ1) is 26.3. The molecule has 42 heavy (non-hydrogen) atoms. The maximum absolute atomic E-state index is 5.11. The Balaban J connectivity index is 1.42. The Bertz CT molecular complexity index is 1940. The van der Waals surface area contributed by atoms with Crippen LogP contribution in [-0.2, 0) is 10.8 Å². The Morgan fingerprint density at radius 2 is 0.929 bits per heavy atom. The second-order valence-corrected chi connectivity index (χ2v) is 12.8. The van der Waals surface area contributed by atoms with Crippen molar-refractivity contribution in [3.05, 3.63) is 126 Å². The maximum Gasteiger partial charge on any atom is 0.164 e. The highest BCUT2D eigenvalue weighted by molar-refractivity contribution is 5.86. The van der Waals surface area contributed by atoms with Crippen LogP contribution in [0.3, 0.4) is 0 Å². The van der Waals surface area contributed by atoms with E-state index in [0.717, 1.165) is 28.7 Å². The lowest BCUT2D eigenvalue weighted by atomic mass is 9.63. The lowest BCUT2D eigenvalue weighted by Crippen LogP contribution is -2.33. The molecule has 0 saturated carbocycles. The highest BCUT2D eigenvalue weighted by atomic mass is 15.0. The lowest BCUT2D eigenvalue weighted by molar-refractivity contribution is 0.332. The molecular weight excluding hydrogens is 510 g/mol. The fourth-order valence-corrected chi connectivity index (χ4v) is 6.29. The van der Waals surface area contributed by atoms with Crippen molar-refractivity contribution in [1.29, 1.82) is 0 Å². The fourth-order valence-electron chi connectivity index (χ4n) is 6.29. The number of benzene rings is 5. The molecule has 6 aromatic rings. The first-order valence-electron chi connectivity index (χ1n) is 14.8. The van der Waals surface area contributed by atoms with Crippen LogP contribution in [-0.4, -0.2) is 15.0 Å². The molecule has 0 bridgehead atoms. The van der Waals surface area contributed by atoms with Crippen LogP contribution >= 0.6 is 0 Å². The summed E-state index contributed by atoms with van der Waals surface area (Å²) < 4.78 is 0. The monoisotopic (exact) mass is 545 g/mol. The summed E-state index contributed by atoms with van der Waals surface area (Å²) in [6.45, 7) is 9.44. The molecule has 0 N–H and O–H groups in total. The highest BCUT2D eigenvalue weighted by Gasteiger charge is 2.37. The van der Waals surface area contributed by atoms with Crippen molar-refractivity contribution in [2.45, 2.75) is 51.4 Å². The van der Waals surface area contributed by atoms with Crippen LogP contribution < -0.4 is 0 Å². The molecule has 1 heterocycles. The molecule has 0 spiro atoms. The molecule has 0 amide bonds. The van der Waals surface area contributed by atoms with E-state index in [0.29, 0.717) is 17.5 Å². The highest BCUT2D eigenvalue weighted by Crippen LogP contribution is 2.46. The topological polar surface area (TPSA) is 38.7 Å². The summed E-state index contributed by atoms with van der Waals surface area (Å²) in [5.41, 5.74) is 8.38. The van der Waals surface area contributed by atoms with Crippen LogP contribution in [0, 0.1) is 0 Å². The quantitative estimate of drug-likeness (QED) is 0.221. The summed E-state index contributed by atoms with van der Waals surface area (Å²) in [5, 5.41) is 2.37. The third-order valence-electron chi connectivity index (χ3n) is 8.98. The predicted octanol–water partition coefficient (Wildman–Crippen LogP) is 10.0. The molecule has 0 saturated heterocycles. The molecule has 0 fully saturated rings. The van der Waals surface area contributed by atoms with Crippen molar-refractivity contribution in [3.8, 4) is 45.3 Å². The van der Waals surface area contributed by atoms with Gasteiger partial charge in [0.1, 0.15) is 0 Å². The van der Waals surface area contributed by atoms with Gasteiger partial charge in [0.25, 0.3) is 0 Å². The first-order chi connectivity index (χ1) is 20.3. The summed E-state index contributed by atoms with van der Waals surface area (Å²) in [5.74, 6) is 2.07. The van der Waals surface area contributed by atoms with Gasteiger partial charge in [-0.1, -0.05) is 125 Å². The molecule has 3 heteroatoms. The number of aromatic nitrogens is 3. The van der Waals surface area contributed by atoms with Gasteiger partial charge in [-0.25, -0.2) is 15.0 Å². The molecule has 0 radical (unpaired) electrons. The first-order valence-corrected chi connectivity index (χ1v) is 14.8. The Morgan fingerprint density at radius 1 is 0.405 bits per heavy atom. The van der Waals surface area contributed by atoms with E-state index in [1.165, 1.54) is 33.9 Å². The van der Waals surface area contributed by atoms with Crippen LogP contribution in [0.2, 0.25) is 0 Å².